The van der Waals surface area contributed by atoms with Crippen molar-refractivity contribution in [2.45, 2.75) is 18.9 Å². The molecule has 0 atom stereocenters. The number of nitrogens with zero attached hydrogens (tertiary/aromatic N) is 3. The molecule has 4 nitrogen and oxygen atoms in total. The molecule has 1 aromatic carbocycles. The number of pyridine rings is 1. The van der Waals surface area contributed by atoms with Gasteiger partial charge in [0.05, 0.1) is 16.2 Å². The molecule has 24 heavy (non-hydrogen) atoms. The van der Waals surface area contributed by atoms with Crippen LogP contribution in [0.4, 0.5) is 14.5 Å². The number of anilines is 1. The summed E-state index contributed by atoms with van der Waals surface area (Å²) in [5.74, 6) is -2.12. The summed E-state index contributed by atoms with van der Waals surface area (Å²) < 4.78 is 29.2. The Morgan fingerprint density at radius 2 is 2.00 bits per heavy atom. The summed E-state index contributed by atoms with van der Waals surface area (Å²) in [5.41, 5.74) is 1.61. The smallest absolute Gasteiger partial charge is 0.258 e. The van der Waals surface area contributed by atoms with E-state index in [-0.39, 0.29) is 11.9 Å². The zero-order valence-corrected chi connectivity index (χ0v) is 14.0. The second-order valence-electron chi connectivity index (χ2n) is 5.74. The van der Waals surface area contributed by atoms with Crippen LogP contribution >= 0.6 is 15.9 Å². The Bertz CT molecular complexity index is 952. The van der Waals surface area contributed by atoms with E-state index >= 15 is 0 Å². The number of benzene rings is 1. The maximum absolute atomic E-state index is 13.6. The quantitative estimate of drug-likeness (QED) is 0.671. The van der Waals surface area contributed by atoms with Crippen LogP contribution in [-0.2, 0) is 0 Å². The highest BCUT2D eigenvalue weighted by Crippen LogP contribution is 2.34. The van der Waals surface area contributed by atoms with Crippen LogP contribution in [0.1, 0.15) is 23.2 Å². The number of carbonyl (C=O) groups is 1. The molecule has 0 saturated heterocycles. The number of halogens is 3. The predicted octanol–water partition coefficient (Wildman–Crippen LogP) is 4.18. The zero-order chi connectivity index (χ0) is 16.8. The number of hydrogen-bond acceptors (Lipinski definition) is 2. The van der Waals surface area contributed by atoms with Crippen molar-refractivity contribution in [1.29, 1.82) is 0 Å². The van der Waals surface area contributed by atoms with Crippen LogP contribution < -0.4 is 4.90 Å². The first-order valence-electron chi connectivity index (χ1n) is 7.46. The van der Waals surface area contributed by atoms with Crippen molar-refractivity contribution >= 4 is 33.0 Å². The molecule has 122 valence electrons. The SMILES string of the molecule is O=C(c1ccn2ncc(Br)c2c1)N(c1ccc(F)c(F)c1)C1CC1. The molecule has 0 unspecified atom stereocenters. The largest absolute Gasteiger partial charge is 0.305 e. The highest BCUT2D eigenvalue weighted by atomic mass is 79.9. The number of fused-ring (bicyclic) bond motifs is 1. The first kappa shape index (κ1) is 15.3. The van der Waals surface area contributed by atoms with E-state index in [9.17, 15) is 13.6 Å². The van der Waals surface area contributed by atoms with Gasteiger partial charge < -0.3 is 4.90 Å². The molecule has 1 amide bonds. The van der Waals surface area contributed by atoms with Crippen LogP contribution in [0.15, 0.2) is 47.2 Å². The molecule has 4 rings (SSSR count). The fraction of sp³-hybridized carbons (Fsp3) is 0.176. The Balaban J connectivity index is 1.75. The minimum Gasteiger partial charge on any atom is -0.305 e. The number of aromatic nitrogens is 2. The Morgan fingerprint density at radius 3 is 2.71 bits per heavy atom. The van der Waals surface area contributed by atoms with E-state index < -0.39 is 11.6 Å². The summed E-state index contributed by atoms with van der Waals surface area (Å²) in [6, 6.07) is 6.97. The molecule has 0 aliphatic heterocycles. The summed E-state index contributed by atoms with van der Waals surface area (Å²) in [5, 5.41) is 4.14. The number of amides is 1. The lowest BCUT2D eigenvalue weighted by Gasteiger charge is -2.23. The van der Waals surface area contributed by atoms with Gasteiger partial charge in [0.25, 0.3) is 5.91 Å². The molecule has 0 radical (unpaired) electrons. The maximum Gasteiger partial charge on any atom is 0.258 e. The van der Waals surface area contributed by atoms with Crippen LogP contribution in [0.2, 0.25) is 0 Å². The molecule has 0 N–H and O–H groups in total. The average molecular weight is 392 g/mol. The zero-order valence-electron chi connectivity index (χ0n) is 12.4. The van der Waals surface area contributed by atoms with Gasteiger partial charge in [-0.3, -0.25) is 4.79 Å². The molecule has 1 aliphatic rings. The van der Waals surface area contributed by atoms with E-state index in [0.717, 1.165) is 35.0 Å². The molecule has 3 aromatic rings. The molecule has 1 fully saturated rings. The lowest BCUT2D eigenvalue weighted by Crippen LogP contribution is -2.33. The van der Waals surface area contributed by atoms with Gasteiger partial charge in [0.2, 0.25) is 0 Å². The van der Waals surface area contributed by atoms with Gasteiger partial charge in [-0.1, -0.05) is 0 Å². The molecule has 0 spiro atoms. The van der Waals surface area contributed by atoms with Gasteiger partial charge in [0.1, 0.15) is 0 Å². The van der Waals surface area contributed by atoms with Gasteiger partial charge in [-0.2, -0.15) is 5.10 Å². The molecule has 2 aromatic heterocycles. The van der Waals surface area contributed by atoms with E-state index in [1.165, 1.54) is 6.07 Å². The van der Waals surface area contributed by atoms with E-state index in [1.54, 1.807) is 33.9 Å². The monoisotopic (exact) mass is 391 g/mol. The van der Waals surface area contributed by atoms with Crippen LogP contribution in [0.5, 0.6) is 0 Å². The second kappa shape index (κ2) is 5.66. The number of carbonyl (C=O) groups excluding carboxylic acids is 1. The van der Waals surface area contributed by atoms with E-state index in [1.807, 2.05) is 0 Å². The fourth-order valence-corrected chi connectivity index (χ4v) is 3.07. The molecule has 7 heteroatoms. The Morgan fingerprint density at radius 1 is 1.21 bits per heavy atom. The van der Waals surface area contributed by atoms with Gasteiger partial charge in [0.15, 0.2) is 11.6 Å². The third-order valence-corrected chi connectivity index (χ3v) is 4.64. The highest BCUT2D eigenvalue weighted by molar-refractivity contribution is 9.10. The van der Waals surface area contributed by atoms with E-state index in [2.05, 4.69) is 21.0 Å². The lowest BCUT2D eigenvalue weighted by atomic mass is 10.2. The van der Waals surface area contributed by atoms with Gasteiger partial charge in [-0.25, -0.2) is 13.3 Å². The third-order valence-electron chi connectivity index (χ3n) is 4.03. The number of rotatable bonds is 3. The summed E-state index contributed by atoms with van der Waals surface area (Å²) >= 11 is 3.39. The van der Waals surface area contributed by atoms with Crippen LogP contribution in [-0.4, -0.2) is 21.6 Å². The fourth-order valence-electron chi connectivity index (χ4n) is 2.68. The first-order chi connectivity index (χ1) is 11.5. The van der Waals surface area contributed by atoms with E-state index in [0.29, 0.717) is 11.3 Å². The van der Waals surface area contributed by atoms with Crippen LogP contribution in [0.3, 0.4) is 0 Å². The van der Waals surface area contributed by atoms with Crippen molar-refractivity contribution < 1.29 is 13.6 Å². The normalized spacial score (nSPS) is 14.1. The summed E-state index contributed by atoms with van der Waals surface area (Å²) in [6.45, 7) is 0. The molecule has 1 saturated carbocycles. The first-order valence-corrected chi connectivity index (χ1v) is 8.25. The Kier molecular flexibility index (Phi) is 3.60. The Hall–Kier alpha value is -2.28. The topological polar surface area (TPSA) is 37.6 Å². The maximum atomic E-state index is 13.6. The minimum absolute atomic E-state index is 0.0203. The van der Waals surface area contributed by atoms with Gasteiger partial charge in [-0.15, -0.1) is 0 Å². The summed E-state index contributed by atoms with van der Waals surface area (Å²) in [7, 11) is 0. The van der Waals surface area contributed by atoms with Crippen molar-refractivity contribution in [3.05, 3.63) is 64.4 Å². The number of hydrogen-bond donors (Lipinski definition) is 0. The van der Waals surface area contributed by atoms with Crippen LogP contribution in [0, 0.1) is 11.6 Å². The standard InChI is InChI=1S/C17H12BrF2N3O/c18-13-9-21-22-6-5-10(7-16(13)22)17(24)23(11-1-2-11)12-3-4-14(19)15(20)8-12/h3-9,11H,1-2H2. The molecular formula is C17H12BrF2N3O. The highest BCUT2D eigenvalue weighted by Gasteiger charge is 2.34. The van der Waals surface area contributed by atoms with Gasteiger partial charge in [0, 0.05) is 29.6 Å². The van der Waals surface area contributed by atoms with Crippen LogP contribution in [0.25, 0.3) is 5.52 Å². The average Bonchev–Trinajstić information content (AvgIpc) is 3.34. The summed E-state index contributed by atoms with van der Waals surface area (Å²) in [6.07, 6.45) is 5.05. The van der Waals surface area contributed by atoms with Crippen molar-refractivity contribution in [3.8, 4) is 0 Å². The van der Waals surface area contributed by atoms with Crippen molar-refractivity contribution in [2.24, 2.45) is 0 Å². The van der Waals surface area contributed by atoms with Crippen molar-refractivity contribution in [3.63, 3.8) is 0 Å². The van der Waals surface area contributed by atoms with Gasteiger partial charge >= 0.3 is 0 Å². The van der Waals surface area contributed by atoms with Crippen molar-refractivity contribution in [2.75, 3.05) is 4.90 Å². The van der Waals surface area contributed by atoms with Crippen molar-refractivity contribution in [1.82, 2.24) is 9.61 Å². The Labute approximate surface area is 144 Å². The predicted molar refractivity (Wildman–Crippen MR) is 89.1 cm³/mol. The third kappa shape index (κ3) is 2.58. The molecular weight excluding hydrogens is 380 g/mol. The molecule has 1 aliphatic carbocycles. The molecule has 2 heterocycles. The summed E-state index contributed by atoms with van der Waals surface area (Å²) in [4.78, 5) is 14.5. The minimum atomic E-state index is -0.958. The van der Waals surface area contributed by atoms with E-state index in [4.69, 9.17) is 0 Å². The second-order valence-corrected chi connectivity index (χ2v) is 6.60. The molecule has 0 bridgehead atoms. The van der Waals surface area contributed by atoms with Gasteiger partial charge in [-0.05, 0) is 53.0 Å². The lowest BCUT2D eigenvalue weighted by molar-refractivity contribution is 0.0985.